The molecule has 0 aliphatic heterocycles. The minimum Gasteiger partial charge on any atom is -0.312 e. The van der Waals surface area contributed by atoms with Crippen LogP contribution in [0, 0.1) is 0 Å². The average molecular weight is 313 g/mol. The summed E-state index contributed by atoms with van der Waals surface area (Å²) in [6.07, 6.45) is 1.20. The molecule has 0 saturated heterocycles. The third-order valence-corrected chi connectivity index (χ3v) is 6.62. The summed E-state index contributed by atoms with van der Waals surface area (Å²) in [4.78, 5) is 0. The van der Waals surface area contributed by atoms with Gasteiger partial charge in [0.2, 0.25) is 0 Å². The fourth-order valence-corrected chi connectivity index (χ4v) is 5.92. The Morgan fingerprint density at radius 1 is 0.773 bits per heavy atom. The quantitative estimate of drug-likeness (QED) is 0.752. The van der Waals surface area contributed by atoms with Crippen LogP contribution < -0.4 is 15.9 Å². The van der Waals surface area contributed by atoms with Crippen LogP contribution in [0.3, 0.4) is 0 Å². The maximum absolute atomic E-state index is 3.64. The van der Waals surface area contributed by atoms with Crippen molar-refractivity contribution in [1.82, 2.24) is 5.32 Å². The van der Waals surface area contributed by atoms with E-state index in [0.717, 1.165) is 0 Å². The van der Waals surface area contributed by atoms with Gasteiger partial charge >= 0.3 is 0 Å². The van der Waals surface area contributed by atoms with Crippen LogP contribution in [0.25, 0.3) is 0 Å². The zero-order valence-corrected chi connectivity index (χ0v) is 15.1. The zero-order valence-electron chi connectivity index (χ0n) is 14.2. The molecular formula is C20H28NP. The lowest BCUT2D eigenvalue weighted by Gasteiger charge is -2.29. The molecule has 118 valence electrons. The van der Waals surface area contributed by atoms with Gasteiger partial charge in [-0.05, 0) is 37.5 Å². The first-order valence-electron chi connectivity index (χ1n) is 8.23. The molecule has 2 aromatic carbocycles. The summed E-state index contributed by atoms with van der Waals surface area (Å²) in [7, 11) is -0.310. The van der Waals surface area contributed by atoms with Gasteiger partial charge in [0.1, 0.15) is 0 Å². The smallest absolute Gasteiger partial charge is 0.00472 e. The standard InChI is InChI=1S/C20H28NP/c1-16(2)21-17(3)15-18(4)22(19-11-7-5-8-12-19)20-13-9-6-10-14-20/h5-14,16-18,21H,15H2,1-4H3/t17-,18-/m1/s1. The summed E-state index contributed by atoms with van der Waals surface area (Å²) < 4.78 is 0. The van der Waals surface area contributed by atoms with E-state index in [-0.39, 0.29) is 7.92 Å². The lowest BCUT2D eigenvalue weighted by molar-refractivity contribution is 0.465. The molecule has 0 saturated carbocycles. The summed E-state index contributed by atoms with van der Waals surface area (Å²) in [6, 6.07) is 23.1. The van der Waals surface area contributed by atoms with Gasteiger partial charge in [-0.25, -0.2) is 0 Å². The maximum atomic E-state index is 3.64. The molecule has 0 radical (unpaired) electrons. The van der Waals surface area contributed by atoms with E-state index >= 15 is 0 Å². The summed E-state index contributed by atoms with van der Waals surface area (Å²) in [6.45, 7) is 9.15. The molecule has 22 heavy (non-hydrogen) atoms. The molecule has 0 aliphatic carbocycles. The number of hydrogen-bond acceptors (Lipinski definition) is 1. The summed E-state index contributed by atoms with van der Waals surface area (Å²) >= 11 is 0. The molecule has 0 aliphatic rings. The summed E-state index contributed by atoms with van der Waals surface area (Å²) in [5, 5.41) is 6.60. The largest absolute Gasteiger partial charge is 0.312 e. The Labute approximate surface area is 136 Å². The lowest BCUT2D eigenvalue weighted by atomic mass is 10.2. The Morgan fingerprint density at radius 2 is 1.23 bits per heavy atom. The zero-order chi connectivity index (χ0) is 15.9. The van der Waals surface area contributed by atoms with Gasteiger partial charge in [0, 0.05) is 12.1 Å². The highest BCUT2D eigenvalue weighted by Crippen LogP contribution is 2.41. The van der Waals surface area contributed by atoms with Crippen molar-refractivity contribution in [3.05, 3.63) is 60.7 Å². The molecule has 0 fully saturated rings. The Balaban J connectivity index is 2.21. The molecule has 0 unspecified atom stereocenters. The van der Waals surface area contributed by atoms with E-state index in [0.29, 0.717) is 17.7 Å². The van der Waals surface area contributed by atoms with Gasteiger partial charge in [0.15, 0.2) is 0 Å². The van der Waals surface area contributed by atoms with Gasteiger partial charge in [-0.2, -0.15) is 0 Å². The molecular weight excluding hydrogens is 285 g/mol. The minimum atomic E-state index is -0.310. The van der Waals surface area contributed by atoms with E-state index in [1.807, 2.05) is 0 Å². The second-order valence-corrected chi connectivity index (χ2v) is 9.00. The Bertz CT molecular complexity index is 499. The van der Waals surface area contributed by atoms with Gasteiger partial charge in [0.25, 0.3) is 0 Å². The van der Waals surface area contributed by atoms with Gasteiger partial charge in [-0.1, -0.05) is 81.4 Å². The van der Waals surface area contributed by atoms with Crippen LogP contribution in [0.2, 0.25) is 0 Å². The fraction of sp³-hybridized carbons (Fsp3) is 0.400. The molecule has 2 atom stereocenters. The lowest BCUT2D eigenvalue weighted by Crippen LogP contribution is -2.35. The molecule has 1 nitrogen and oxygen atoms in total. The minimum absolute atomic E-state index is 0.310. The van der Waals surface area contributed by atoms with Crippen LogP contribution in [-0.2, 0) is 0 Å². The van der Waals surface area contributed by atoms with Crippen LogP contribution in [-0.4, -0.2) is 17.7 Å². The SMILES string of the molecule is CC(C)N[C@H](C)C[C@@H](C)P(c1ccccc1)c1ccccc1. The van der Waals surface area contributed by atoms with Crippen molar-refractivity contribution in [3.8, 4) is 0 Å². The van der Waals surface area contributed by atoms with E-state index in [1.165, 1.54) is 17.0 Å². The first kappa shape index (κ1) is 17.2. The topological polar surface area (TPSA) is 12.0 Å². The molecule has 0 spiro atoms. The van der Waals surface area contributed by atoms with E-state index in [9.17, 15) is 0 Å². The number of nitrogens with one attached hydrogen (secondary N) is 1. The number of hydrogen-bond donors (Lipinski definition) is 1. The predicted molar refractivity (Wildman–Crippen MR) is 101 cm³/mol. The van der Waals surface area contributed by atoms with Crippen molar-refractivity contribution < 1.29 is 0 Å². The van der Waals surface area contributed by atoms with E-state index in [4.69, 9.17) is 0 Å². The van der Waals surface area contributed by atoms with E-state index in [2.05, 4.69) is 93.7 Å². The number of rotatable bonds is 7. The van der Waals surface area contributed by atoms with Crippen LogP contribution in [0.1, 0.15) is 34.1 Å². The van der Waals surface area contributed by atoms with Gasteiger partial charge < -0.3 is 5.32 Å². The molecule has 0 heterocycles. The summed E-state index contributed by atoms with van der Waals surface area (Å²) in [5.41, 5.74) is 0.654. The van der Waals surface area contributed by atoms with E-state index < -0.39 is 0 Å². The van der Waals surface area contributed by atoms with Gasteiger partial charge in [-0.15, -0.1) is 0 Å². The average Bonchev–Trinajstić information content (AvgIpc) is 2.48. The van der Waals surface area contributed by atoms with Gasteiger partial charge in [0.05, 0.1) is 0 Å². The van der Waals surface area contributed by atoms with E-state index in [1.54, 1.807) is 0 Å². The highest BCUT2D eigenvalue weighted by molar-refractivity contribution is 7.73. The first-order chi connectivity index (χ1) is 10.6. The Morgan fingerprint density at radius 3 is 1.64 bits per heavy atom. The second kappa shape index (κ2) is 8.46. The van der Waals surface area contributed by atoms with Crippen LogP contribution >= 0.6 is 7.92 Å². The monoisotopic (exact) mass is 313 g/mol. The highest BCUT2D eigenvalue weighted by Gasteiger charge is 2.22. The third kappa shape index (κ3) is 4.93. The van der Waals surface area contributed by atoms with Gasteiger partial charge in [-0.3, -0.25) is 0 Å². The molecule has 2 aromatic rings. The second-order valence-electron chi connectivity index (χ2n) is 6.35. The van der Waals surface area contributed by atoms with Crippen molar-refractivity contribution in [2.24, 2.45) is 0 Å². The predicted octanol–water partition coefficient (Wildman–Crippen LogP) is 4.28. The molecule has 0 amide bonds. The molecule has 1 N–H and O–H groups in total. The Hall–Kier alpha value is -1.17. The molecule has 0 aromatic heterocycles. The Kier molecular flexibility index (Phi) is 6.61. The summed E-state index contributed by atoms with van der Waals surface area (Å²) in [5.74, 6) is 0. The normalized spacial score (nSPS) is 14.3. The first-order valence-corrected chi connectivity index (χ1v) is 9.64. The van der Waals surface area contributed by atoms with Crippen LogP contribution in [0.15, 0.2) is 60.7 Å². The molecule has 2 heteroatoms. The number of benzene rings is 2. The van der Waals surface area contributed by atoms with Crippen molar-refractivity contribution in [3.63, 3.8) is 0 Å². The van der Waals surface area contributed by atoms with Crippen molar-refractivity contribution >= 4 is 18.5 Å². The van der Waals surface area contributed by atoms with Crippen molar-refractivity contribution in [2.75, 3.05) is 0 Å². The van der Waals surface area contributed by atoms with Crippen LogP contribution in [0.4, 0.5) is 0 Å². The van der Waals surface area contributed by atoms with Crippen molar-refractivity contribution in [2.45, 2.75) is 51.9 Å². The maximum Gasteiger partial charge on any atom is 0.00472 e. The van der Waals surface area contributed by atoms with Crippen LogP contribution in [0.5, 0.6) is 0 Å². The third-order valence-electron chi connectivity index (χ3n) is 3.82. The van der Waals surface area contributed by atoms with Crippen molar-refractivity contribution in [1.29, 1.82) is 0 Å². The molecule has 0 bridgehead atoms. The highest BCUT2D eigenvalue weighted by atomic mass is 31.1. The molecule has 2 rings (SSSR count). The fourth-order valence-electron chi connectivity index (χ4n) is 3.09.